The monoisotopic (exact) mass is 577 g/mol. The number of carbonyl (C=O) groups is 1. The van der Waals surface area contributed by atoms with E-state index in [1.807, 2.05) is 25.1 Å². The number of aliphatic imine (C=N–C) groups is 1. The molecule has 1 aliphatic carbocycles. The van der Waals surface area contributed by atoms with E-state index < -0.39 is 10.8 Å². The zero-order valence-electron chi connectivity index (χ0n) is 19.9. The zero-order chi connectivity index (χ0) is 22.6. The van der Waals surface area contributed by atoms with E-state index in [1.54, 1.807) is 19.0 Å². The number of nitrogens with one attached hydrogen (secondary N) is 2. The summed E-state index contributed by atoms with van der Waals surface area (Å²) in [6.07, 6.45) is 4.97. The van der Waals surface area contributed by atoms with Crippen LogP contribution in [0.25, 0.3) is 0 Å². The highest BCUT2D eigenvalue weighted by Crippen LogP contribution is 2.23. The van der Waals surface area contributed by atoms with Crippen LogP contribution in [-0.4, -0.2) is 78.8 Å². The minimum absolute atomic E-state index is 0. The van der Waals surface area contributed by atoms with Crippen LogP contribution in [0.1, 0.15) is 39.0 Å². The van der Waals surface area contributed by atoms with Crippen LogP contribution >= 0.6 is 24.0 Å². The lowest BCUT2D eigenvalue weighted by Gasteiger charge is -2.30. The molecule has 1 amide bonds. The van der Waals surface area contributed by atoms with Gasteiger partial charge in [-0.05, 0) is 37.8 Å². The molecule has 9 heteroatoms. The molecule has 1 aromatic carbocycles. The number of para-hydroxylation sites is 1. The van der Waals surface area contributed by atoms with E-state index in [4.69, 9.17) is 0 Å². The molecule has 3 atom stereocenters. The fourth-order valence-electron chi connectivity index (χ4n) is 3.72. The highest BCUT2D eigenvalue weighted by atomic mass is 127. The van der Waals surface area contributed by atoms with Crippen LogP contribution in [0.4, 0.5) is 5.69 Å². The van der Waals surface area contributed by atoms with Gasteiger partial charge in [-0.2, -0.15) is 0 Å². The Bertz CT molecular complexity index is 732. The fraction of sp³-hybridized carbons (Fsp3) is 0.652. The Balaban J connectivity index is 0.00000512. The number of hydrogen-bond donors (Lipinski definition) is 2. The number of nitrogens with zero attached hydrogens (tertiary/aromatic N) is 3. The molecular formula is C23H40IN5O2S. The second-order valence-corrected chi connectivity index (χ2v) is 10.3. The number of hydrogen-bond acceptors (Lipinski definition) is 4. The van der Waals surface area contributed by atoms with Gasteiger partial charge >= 0.3 is 0 Å². The van der Waals surface area contributed by atoms with Crippen molar-refractivity contribution in [2.45, 2.75) is 50.3 Å². The third-order valence-electron chi connectivity index (χ3n) is 5.65. The fourth-order valence-corrected chi connectivity index (χ4v) is 5.07. The summed E-state index contributed by atoms with van der Waals surface area (Å²) in [6, 6.07) is 10.6. The number of guanidine groups is 1. The van der Waals surface area contributed by atoms with Crippen LogP contribution in [0.5, 0.6) is 0 Å². The van der Waals surface area contributed by atoms with E-state index in [-0.39, 0.29) is 47.7 Å². The molecule has 2 rings (SSSR count). The second-order valence-electron chi connectivity index (χ2n) is 8.29. The SMILES string of the molecule is CCS(=O)C1CCCC(NC(=NCC(=O)N(C)C)NCCCN(C)c2ccccc2)C1.I. The maximum atomic E-state index is 12.3. The Labute approximate surface area is 213 Å². The summed E-state index contributed by atoms with van der Waals surface area (Å²) in [6.45, 7) is 3.78. The van der Waals surface area contributed by atoms with Crippen molar-refractivity contribution in [3.05, 3.63) is 30.3 Å². The largest absolute Gasteiger partial charge is 0.375 e. The molecule has 0 bridgehead atoms. The number of anilines is 1. The van der Waals surface area contributed by atoms with Crippen LogP contribution in [0, 0.1) is 0 Å². The van der Waals surface area contributed by atoms with Gasteiger partial charge in [-0.3, -0.25) is 9.00 Å². The van der Waals surface area contributed by atoms with Crippen molar-refractivity contribution < 1.29 is 9.00 Å². The maximum absolute atomic E-state index is 12.3. The number of rotatable bonds is 10. The standard InChI is InChI=1S/C23H39N5O2S.HI/c1-5-31(30)21-14-9-11-19(17-21)26-23(25-18-22(29)27(2)3)24-15-10-16-28(4)20-12-7-6-8-13-20;/h6-8,12-13,19,21H,5,9-11,14-18H2,1-4H3,(H2,24,25,26);1H. The third-order valence-corrected chi connectivity index (χ3v) is 7.39. The first kappa shape index (κ1) is 28.7. The van der Waals surface area contributed by atoms with Crippen LogP contribution in [0.2, 0.25) is 0 Å². The van der Waals surface area contributed by atoms with E-state index in [2.05, 4.69) is 39.7 Å². The highest BCUT2D eigenvalue weighted by Gasteiger charge is 2.26. The zero-order valence-corrected chi connectivity index (χ0v) is 23.0. The van der Waals surface area contributed by atoms with Crippen molar-refractivity contribution in [1.82, 2.24) is 15.5 Å². The van der Waals surface area contributed by atoms with Crippen LogP contribution in [0.3, 0.4) is 0 Å². The van der Waals surface area contributed by atoms with Gasteiger partial charge in [-0.15, -0.1) is 24.0 Å². The first-order valence-electron chi connectivity index (χ1n) is 11.3. The van der Waals surface area contributed by atoms with E-state index in [9.17, 15) is 9.00 Å². The Morgan fingerprint density at radius 3 is 2.56 bits per heavy atom. The van der Waals surface area contributed by atoms with Crippen LogP contribution in [0.15, 0.2) is 35.3 Å². The molecule has 1 aliphatic rings. The van der Waals surface area contributed by atoms with Crippen LogP contribution < -0.4 is 15.5 Å². The van der Waals surface area contributed by atoms with Gasteiger partial charge in [0, 0.05) is 67.8 Å². The molecule has 0 saturated heterocycles. The van der Waals surface area contributed by atoms with Gasteiger partial charge in [0.15, 0.2) is 5.96 Å². The predicted octanol–water partition coefficient (Wildman–Crippen LogP) is 2.83. The molecule has 0 aromatic heterocycles. The second kappa shape index (κ2) is 15.5. The molecule has 182 valence electrons. The Hall–Kier alpha value is -1.36. The van der Waals surface area contributed by atoms with Gasteiger partial charge in [0.05, 0.1) is 0 Å². The lowest BCUT2D eigenvalue weighted by Crippen LogP contribution is -2.47. The topological polar surface area (TPSA) is 77.0 Å². The molecule has 1 saturated carbocycles. The molecule has 0 spiro atoms. The number of benzene rings is 1. The molecule has 0 radical (unpaired) electrons. The normalized spacial score (nSPS) is 19.4. The van der Waals surface area contributed by atoms with E-state index in [0.29, 0.717) is 11.7 Å². The molecule has 1 fully saturated rings. The van der Waals surface area contributed by atoms with Crippen molar-refractivity contribution in [2.75, 3.05) is 51.4 Å². The first-order valence-corrected chi connectivity index (χ1v) is 12.7. The average Bonchev–Trinajstić information content (AvgIpc) is 2.79. The van der Waals surface area contributed by atoms with E-state index in [1.165, 1.54) is 5.69 Å². The molecule has 7 nitrogen and oxygen atoms in total. The molecule has 32 heavy (non-hydrogen) atoms. The summed E-state index contributed by atoms with van der Waals surface area (Å²) in [5.74, 6) is 1.35. The molecule has 3 unspecified atom stereocenters. The molecule has 0 aliphatic heterocycles. The Morgan fingerprint density at radius 1 is 1.19 bits per heavy atom. The summed E-state index contributed by atoms with van der Waals surface area (Å²) < 4.78 is 12.3. The molecule has 0 heterocycles. The van der Waals surface area contributed by atoms with Crippen molar-refractivity contribution >= 4 is 52.3 Å². The lowest BCUT2D eigenvalue weighted by molar-refractivity contribution is -0.127. The van der Waals surface area contributed by atoms with Gasteiger partial charge in [-0.25, -0.2) is 4.99 Å². The minimum atomic E-state index is -0.763. The molecular weight excluding hydrogens is 537 g/mol. The predicted molar refractivity (Wildman–Crippen MR) is 147 cm³/mol. The number of amides is 1. The lowest BCUT2D eigenvalue weighted by atomic mass is 9.95. The van der Waals surface area contributed by atoms with Crippen molar-refractivity contribution in [2.24, 2.45) is 4.99 Å². The van der Waals surface area contributed by atoms with Crippen molar-refractivity contribution in [3.8, 4) is 0 Å². The van der Waals surface area contributed by atoms with E-state index >= 15 is 0 Å². The van der Waals surface area contributed by atoms with Gasteiger partial charge < -0.3 is 20.4 Å². The number of carbonyl (C=O) groups excluding carboxylic acids is 1. The van der Waals surface area contributed by atoms with E-state index in [0.717, 1.165) is 45.2 Å². The summed E-state index contributed by atoms with van der Waals surface area (Å²) in [5.41, 5.74) is 1.20. The van der Waals surface area contributed by atoms with Gasteiger partial charge in [0.1, 0.15) is 6.54 Å². The number of likely N-dealkylation sites (N-methyl/N-ethyl adjacent to an activating group) is 1. The van der Waals surface area contributed by atoms with Gasteiger partial charge in [0.2, 0.25) is 5.91 Å². The first-order chi connectivity index (χ1) is 14.9. The highest BCUT2D eigenvalue weighted by molar-refractivity contribution is 14.0. The van der Waals surface area contributed by atoms with Crippen molar-refractivity contribution in [1.29, 1.82) is 0 Å². The summed E-state index contributed by atoms with van der Waals surface area (Å²) in [4.78, 5) is 20.3. The summed E-state index contributed by atoms with van der Waals surface area (Å²) in [5, 5.41) is 7.14. The molecule has 1 aromatic rings. The minimum Gasteiger partial charge on any atom is -0.375 e. The summed E-state index contributed by atoms with van der Waals surface area (Å²) in [7, 11) is 4.81. The Kier molecular flexibility index (Phi) is 13.9. The summed E-state index contributed by atoms with van der Waals surface area (Å²) >= 11 is 0. The van der Waals surface area contributed by atoms with Crippen molar-refractivity contribution in [3.63, 3.8) is 0 Å². The molecule has 2 N–H and O–H groups in total. The smallest absolute Gasteiger partial charge is 0.243 e. The number of halogens is 1. The maximum Gasteiger partial charge on any atom is 0.243 e. The quantitative estimate of drug-likeness (QED) is 0.194. The Morgan fingerprint density at radius 2 is 1.91 bits per heavy atom. The van der Waals surface area contributed by atoms with Gasteiger partial charge in [-0.1, -0.05) is 31.5 Å². The van der Waals surface area contributed by atoms with Gasteiger partial charge in [0.25, 0.3) is 0 Å². The van der Waals surface area contributed by atoms with Crippen LogP contribution in [-0.2, 0) is 15.6 Å². The average molecular weight is 578 g/mol. The third kappa shape index (κ3) is 10.1.